The fraction of sp³-hybridized carbons (Fsp3) is 0.321. The van der Waals surface area contributed by atoms with E-state index in [1.54, 1.807) is 6.07 Å². The van der Waals surface area contributed by atoms with Crippen molar-refractivity contribution in [2.75, 3.05) is 31.5 Å². The fourth-order valence-electron chi connectivity index (χ4n) is 4.30. The smallest absolute Gasteiger partial charge is 0.255 e. The molecular formula is C28H33N3O2. The van der Waals surface area contributed by atoms with Crippen molar-refractivity contribution in [3.8, 4) is 5.75 Å². The Morgan fingerprint density at radius 1 is 0.818 bits per heavy atom. The Balaban J connectivity index is 1.29. The second-order valence-corrected chi connectivity index (χ2v) is 9.03. The normalized spacial score (nSPS) is 15.2. The average molecular weight is 444 g/mol. The topological polar surface area (TPSA) is 55.8 Å². The van der Waals surface area contributed by atoms with Crippen LogP contribution in [0.4, 0.5) is 5.69 Å². The van der Waals surface area contributed by atoms with Crippen LogP contribution in [0.15, 0.2) is 66.7 Å². The van der Waals surface area contributed by atoms with E-state index < -0.39 is 0 Å². The van der Waals surface area contributed by atoms with Crippen molar-refractivity contribution in [3.05, 3.63) is 94.5 Å². The molecule has 0 aromatic heterocycles. The highest BCUT2D eigenvalue weighted by Crippen LogP contribution is 2.17. The highest BCUT2D eigenvalue weighted by Gasteiger charge is 2.16. The quantitative estimate of drug-likeness (QED) is 0.565. The van der Waals surface area contributed by atoms with Crippen LogP contribution in [-0.4, -0.2) is 47.0 Å². The van der Waals surface area contributed by atoms with Gasteiger partial charge in [0.25, 0.3) is 5.91 Å². The molecule has 1 aliphatic heterocycles. The molecule has 0 atom stereocenters. The molecule has 0 radical (unpaired) electrons. The monoisotopic (exact) mass is 443 g/mol. The summed E-state index contributed by atoms with van der Waals surface area (Å²) in [5.41, 5.74) is 6.25. The second-order valence-electron chi connectivity index (χ2n) is 9.03. The summed E-state index contributed by atoms with van der Waals surface area (Å²) >= 11 is 0. The van der Waals surface area contributed by atoms with Gasteiger partial charge in [0.1, 0.15) is 5.75 Å². The number of phenols is 1. The summed E-state index contributed by atoms with van der Waals surface area (Å²) in [5, 5.41) is 12.7. The zero-order valence-corrected chi connectivity index (χ0v) is 19.6. The van der Waals surface area contributed by atoms with E-state index in [9.17, 15) is 9.90 Å². The lowest BCUT2D eigenvalue weighted by Crippen LogP contribution is -2.30. The Hall–Kier alpha value is -3.15. The van der Waals surface area contributed by atoms with Crippen molar-refractivity contribution in [1.82, 2.24) is 9.80 Å². The molecule has 5 heteroatoms. The third-order valence-corrected chi connectivity index (χ3v) is 6.38. The lowest BCUT2D eigenvalue weighted by atomic mass is 10.1. The summed E-state index contributed by atoms with van der Waals surface area (Å²) in [7, 11) is 0. The molecule has 4 rings (SSSR count). The van der Waals surface area contributed by atoms with Crippen LogP contribution in [0.2, 0.25) is 0 Å². The van der Waals surface area contributed by atoms with Gasteiger partial charge in [0.2, 0.25) is 0 Å². The van der Waals surface area contributed by atoms with Crippen molar-refractivity contribution in [2.24, 2.45) is 0 Å². The van der Waals surface area contributed by atoms with Gasteiger partial charge in [-0.3, -0.25) is 14.6 Å². The Kier molecular flexibility index (Phi) is 7.43. The number of benzene rings is 3. The molecule has 3 aromatic carbocycles. The molecule has 5 nitrogen and oxygen atoms in total. The second kappa shape index (κ2) is 10.6. The number of nitrogens with zero attached hydrogens (tertiary/aromatic N) is 2. The van der Waals surface area contributed by atoms with E-state index >= 15 is 0 Å². The molecule has 1 aliphatic rings. The van der Waals surface area contributed by atoms with Gasteiger partial charge < -0.3 is 10.4 Å². The molecule has 3 aromatic rings. The summed E-state index contributed by atoms with van der Waals surface area (Å²) in [4.78, 5) is 17.6. The minimum absolute atomic E-state index is 0.0813. The van der Waals surface area contributed by atoms with Crippen LogP contribution in [-0.2, 0) is 13.1 Å². The molecule has 1 saturated heterocycles. The number of hydrogen-bond donors (Lipinski definition) is 2. The summed E-state index contributed by atoms with van der Waals surface area (Å²) in [5.74, 6) is 0.247. The van der Waals surface area contributed by atoms with Gasteiger partial charge in [0.15, 0.2) is 0 Å². The number of nitrogens with one attached hydrogen (secondary N) is 1. The number of phenolic OH excluding ortho intramolecular Hbond substituents is 1. The Labute approximate surface area is 196 Å². The molecule has 0 bridgehead atoms. The van der Waals surface area contributed by atoms with Crippen molar-refractivity contribution >= 4 is 11.6 Å². The number of amides is 1. The number of hydrogen-bond acceptors (Lipinski definition) is 4. The zero-order chi connectivity index (χ0) is 23.2. The molecule has 2 N–H and O–H groups in total. The molecule has 0 unspecified atom stereocenters. The third kappa shape index (κ3) is 6.44. The van der Waals surface area contributed by atoms with Crippen molar-refractivity contribution in [3.63, 3.8) is 0 Å². The lowest BCUT2D eigenvalue weighted by molar-refractivity contribution is 0.102. The maximum Gasteiger partial charge on any atom is 0.255 e. The van der Waals surface area contributed by atoms with Crippen LogP contribution in [0, 0.1) is 13.8 Å². The molecule has 1 fully saturated rings. The highest BCUT2D eigenvalue weighted by molar-refractivity contribution is 6.04. The van der Waals surface area contributed by atoms with Crippen LogP contribution in [0.3, 0.4) is 0 Å². The van der Waals surface area contributed by atoms with E-state index in [-0.39, 0.29) is 5.91 Å². The van der Waals surface area contributed by atoms with E-state index in [1.165, 1.54) is 16.7 Å². The van der Waals surface area contributed by atoms with E-state index in [0.717, 1.165) is 56.9 Å². The van der Waals surface area contributed by atoms with Crippen LogP contribution >= 0.6 is 0 Å². The maximum atomic E-state index is 12.6. The standard InChI is InChI=1S/C28H33N3O2/c1-21-7-12-26(17-22(21)2)29-28(33)25-10-8-23(9-11-25)19-30-13-4-14-31(16-15-30)20-24-5-3-6-27(32)18-24/h3,5-12,17-18,32H,4,13-16,19-20H2,1-2H3,(H,29,33). The van der Waals surface area contributed by atoms with Gasteiger partial charge in [-0.1, -0.05) is 30.3 Å². The summed E-state index contributed by atoms with van der Waals surface area (Å²) < 4.78 is 0. The summed E-state index contributed by atoms with van der Waals surface area (Å²) in [6.45, 7) is 10.0. The number of carbonyl (C=O) groups excluding carboxylic acids is 1. The largest absolute Gasteiger partial charge is 0.508 e. The molecule has 172 valence electrons. The van der Waals surface area contributed by atoms with Crippen molar-refractivity contribution < 1.29 is 9.90 Å². The van der Waals surface area contributed by atoms with Crippen molar-refractivity contribution in [2.45, 2.75) is 33.4 Å². The van der Waals surface area contributed by atoms with Crippen LogP contribution in [0.1, 0.15) is 39.0 Å². The number of carbonyl (C=O) groups is 1. The summed E-state index contributed by atoms with van der Waals surface area (Å²) in [6.07, 6.45) is 1.12. The highest BCUT2D eigenvalue weighted by atomic mass is 16.3. The predicted octanol–water partition coefficient (Wildman–Crippen LogP) is 4.97. The molecule has 0 spiro atoms. The van der Waals surface area contributed by atoms with Crippen molar-refractivity contribution in [1.29, 1.82) is 0 Å². The van der Waals surface area contributed by atoms with E-state index in [4.69, 9.17) is 0 Å². The summed E-state index contributed by atoms with van der Waals surface area (Å²) in [6, 6.07) is 21.5. The first-order valence-electron chi connectivity index (χ1n) is 11.7. The van der Waals surface area contributed by atoms with E-state index in [0.29, 0.717) is 11.3 Å². The van der Waals surface area contributed by atoms with Crippen LogP contribution in [0.25, 0.3) is 0 Å². The van der Waals surface area contributed by atoms with Crippen LogP contribution < -0.4 is 5.32 Å². The first-order chi connectivity index (χ1) is 16.0. The van der Waals surface area contributed by atoms with Gasteiger partial charge in [0, 0.05) is 37.4 Å². The Morgan fingerprint density at radius 2 is 1.52 bits per heavy atom. The van der Waals surface area contributed by atoms with E-state index in [2.05, 4.69) is 40.2 Å². The first-order valence-corrected chi connectivity index (χ1v) is 11.7. The minimum Gasteiger partial charge on any atom is -0.508 e. The molecular weight excluding hydrogens is 410 g/mol. The first kappa shape index (κ1) is 23.0. The molecule has 0 saturated carbocycles. The SMILES string of the molecule is Cc1ccc(NC(=O)c2ccc(CN3CCCN(Cc4cccc(O)c4)CC3)cc2)cc1C. The third-order valence-electron chi connectivity index (χ3n) is 6.38. The molecule has 0 aliphatic carbocycles. The van der Waals surface area contributed by atoms with Gasteiger partial charge >= 0.3 is 0 Å². The zero-order valence-electron chi connectivity index (χ0n) is 19.6. The van der Waals surface area contributed by atoms with Gasteiger partial charge in [-0.05, 0) is 92.0 Å². The number of rotatable bonds is 6. The predicted molar refractivity (Wildman–Crippen MR) is 134 cm³/mol. The average Bonchev–Trinajstić information content (AvgIpc) is 3.02. The van der Waals surface area contributed by atoms with Crippen LogP contribution in [0.5, 0.6) is 5.75 Å². The lowest BCUT2D eigenvalue weighted by Gasteiger charge is -2.22. The number of aryl methyl sites for hydroxylation is 2. The van der Waals surface area contributed by atoms with Gasteiger partial charge in [-0.25, -0.2) is 0 Å². The van der Waals surface area contributed by atoms with Gasteiger partial charge in [-0.15, -0.1) is 0 Å². The fourth-order valence-corrected chi connectivity index (χ4v) is 4.30. The van der Waals surface area contributed by atoms with Gasteiger partial charge in [-0.2, -0.15) is 0 Å². The van der Waals surface area contributed by atoms with Gasteiger partial charge in [0.05, 0.1) is 0 Å². The maximum absolute atomic E-state index is 12.6. The molecule has 33 heavy (non-hydrogen) atoms. The Bertz CT molecular complexity index is 1090. The number of aromatic hydroxyl groups is 1. The number of anilines is 1. The minimum atomic E-state index is -0.0813. The Morgan fingerprint density at radius 3 is 2.18 bits per heavy atom. The molecule has 1 amide bonds. The van der Waals surface area contributed by atoms with E-state index in [1.807, 2.05) is 49.4 Å². The molecule has 1 heterocycles.